The summed E-state index contributed by atoms with van der Waals surface area (Å²) in [5.41, 5.74) is 6.47. The van der Waals surface area contributed by atoms with Crippen LogP contribution in [0.2, 0.25) is 10.0 Å². The quantitative estimate of drug-likeness (QED) is 0.907. The van der Waals surface area contributed by atoms with Crippen molar-refractivity contribution in [3.63, 3.8) is 0 Å². The van der Waals surface area contributed by atoms with Gasteiger partial charge >= 0.3 is 0 Å². The molecule has 2 aromatic rings. The summed E-state index contributed by atoms with van der Waals surface area (Å²) in [6.45, 7) is 1.88. The molecule has 88 valence electrons. The molecule has 0 saturated heterocycles. The number of anilines is 1. The molecule has 6 heteroatoms. The third-order valence-electron chi connectivity index (χ3n) is 2.02. The Kier molecular flexibility index (Phi) is 3.36. The first-order chi connectivity index (χ1) is 8.06. The van der Waals surface area contributed by atoms with Crippen LogP contribution in [0, 0.1) is 6.92 Å². The van der Waals surface area contributed by atoms with E-state index in [-0.39, 0.29) is 11.7 Å². The Hall–Kier alpha value is -1.52. The van der Waals surface area contributed by atoms with E-state index in [4.69, 9.17) is 33.7 Å². The molecule has 0 aromatic carbocycles. The average Bonchev–Trinajstić information content (AvgIpc) is 2.29. The summed E-state index contributed by atoms with van der Waals surface area (Å²) in [5, 5.41) is 0.592. The van der Waals surface area contributed by atoms with Crippen molar-refractivity contribution in [2.24, 2.45) is 0 Å². The van der Waals surface area contributed by atoms with E-state index in [9.17, 15) is 0 Å². The molecule has 0 aliphatic heterocycles. The van der Waals surface area contributed by atoms with Crippen LogP contribution in [0.15, 0.2) is 24.4 Å². The first kappa shape index (κ1) is 12.0. The highest BCUT2D eigenvalue weighted by molar-refractivity contribution is 6.36. The van der Waals surface area contributed by atoms with Crippen LogP contribution in [0.3, 0.4) is 0 Å². The molecule has 0 unspecified atom stereocenters. The van der Waals surface area contributed by atoms with E-state index in [1.54, 1.807) is 12.3 Å². The van der Waals surface area contributed by atoms with Crippen LogP contribution < -0.4 is 10.5 Å². The van der Waals surface area contributed by atoms with E-state index < -0.39 is 0 Å². The fourth-order valence-corrected chi connectivity index (χ4v) is 1.56. The van der Waals surface area contributed by atoms with Gasteiger partial charge in [-0.3, -0.25) is 4.98 Å². The predicted molar refractivity (Wildman–Crippen MR) is 67.7 cm³/mol. The Morgan fingerprint density at radius 1 is 1.24 bits per heavy atom. The number of halogens is 2. The first-order valence-corrected chi connectivity index (χ1v) is 5.54. The van der Waals surface area contributed by atoms with Crippen molar-refractivity contribution in [3.05, 3.63) is 40.1 Å². The van der Waals surface area contributed by atoms with Gasteiger partial charge in [-0.2, -0.15) is 4.98 Å². The second-order valence-electron chi connectivity index (χ2n) is 3.38. The highest BCUT2D eigenvalue weighted by Gasteiger charge is 2.09. The Bertz CT molecular complexity index is 543. The van der Waals surface area contributed by atoms with Gasteiger partial charge in [0, 0.05) is 5.69 Å². The van der Waals surface area contributed by atoms with E-state index in [0.717, 1.165) is 5.69 Å². The largest absolute Gasteiger partial charge is 0.436 e. The van der Waals surface area contributed by atoms with Crippen molar-refractivity contribution in [2.75, 3.05) is 5.73 Å². The molecule has 0 atom stereocenters. The molecule has 0 bridgehead atoms. The summed E-state index contributed by atoms with van der Waals surface area (Å²) in [6.07, 6.45) is 1.58. The molecule has 17 heavy (non-hydrogen) atoms. The Morgan fingerprint density at radius 3 is 2.65 bits per heavy atom. The van der Waals surface area contributed by atoms with Crippen LogP contribution in [0.1, 0.15) is 5.69 Å². The lowest BCUT2D eigenvalue weighted by Crippen LogP contribution is -1.96. The number of pyridine rings is 2. The third kappa shape index (κ3) is 2.78. The number of nitrogens with two attached hydrogens (primary N) is 1. The molecule has 0 aliphatic carbocycles. The van der Waals surface area contributed by atoms with Gasteiger partial charge < -0.3 is 10.5 Å². The van der Waals surface area contributed by atoms with E-state index in [1.807, 2.05) is 13.0 Å². The number of ether oxygens (including phenoxy) is 1. The van der Waals surface area contributed by atoms with Crippen LogP contribution >= 0.6 is 23.2 Å². The molecule has 2 heterocycles. The summed E-state index contributed by atoms with van der Waals surface area (Å²) >= 11 is 11.7. The fourth-order valence-electron chi connectivity index (χ4n) is 1.16. The minimum Gasteiger partial charge on any atom is -0.436 e. The van der Waals surface area contributed by atoms with Gasteiger partial charge in [-0.25, -0.2) is 0 Å². The van der Waals surface area contributed by atoms with Crippen molar-refractivity contribution in [3.8, 4) is 11.6 Å². The maximum atomic E-state index is 5.93. The summed E-state index contributed by atoms with van der Waals surface area (Å²) in [5.74, 6) is 0.914. The number of hydrogen-bond acceptors (Lipinski definition) is 4. The van der Waals surface area contributed by atoms with Crippen molar-refractivity contribution >= 4 is 29.0 Å². The molecule has 0 radical (unpaired) electrons. The van der Waals surface area contributed by atoms with Gasteiger partial charge in [-0.05, 0) is 25.1 Å². The zero-order chi connectivity index (χ0) is 12.4. The number of hydrogen-bond donors (Lipinski definition) is 1. The van der Waals surface area contributed by atoms with Gasteiger partial charge in [-0.15, -0.1) is 0 Å². The molecule has 0 saturated carbocycles. The van der Waals surface area contributed by atoms with Gasteiger partial charge in [0.15, 0.2) is 0 Å². The number of nitrogen functional groups attached to an aromatic ring is 1. The lowest BCUT2D eigenvalue weighted by Gasteiger charge is -2.07. The predicted octanol–water partition coefficient (Wildman–Crippen LogP) is 3.47. The van der Waals surface area contributed by atoms with Gasteiger partial charge in [0.1, 0.15) is 16.6 Å². The standard InChI is InChI=1S/C11H9Cl2N3O/c1-6-2-3-7(5-15-6)17-11-9(13)4-8(12)10(14)16-11/h2-5H,1H3,(H2,14,16). The Morgan fingerprint density at radius 2 is 2.00 bits per heavy atom. The van der Waals surface area contributed by atoms with Gasteiger partial charge in [0.05, 0.1) is 11.2 Å². The minimum absolute atomic E-state index is 0.172. The molecule has 0 aliphatic rings. The number of aryl methyl sites for hydroxylation is 1. The third-order valence-corrected chi connectivity index (χ3v) is 2.60. The zero-order valence-corrected chi connectivity index (χ0v) is 10.5. The van der Waals surface area contributed by atoms with Gasteiger partial charge in [0.25, 0.3) is 0 Å². The molecule has 2 rings (SSSR count). The molecule has 2 aromatic heterocycles. The average molecular weight is 270 g/mol. The highest BCUT2D eigenvalue weighted by atomic mass is 35.5. The monoisotopic (exact) mass is 269 g/mol. The van der Waals surface area contributed by atoms with Crippen LogP contribution in [0.5, 0.6) is 11.6 Å². The van der Waals surface area contributed by atoms with Crippen LogP contribution in [-0.4, -0.2) is 9.97 Å². The molecule has 4 nitrogen and oxygen atoms in total. The highest BCUT2D eigenvalue weighted by Crippen LogP contribution is 2.31. The smallest absolute Gasteiger partial charge is 0.240 e. The summed E-state index contributed by atoms with van der Waals surface area (Å²) in [4.78, 5) is 8.05. The van der Waals surface area contributed by atoms with Crippen LogP contribution in [0.25, 0.3) is 0 Å². The molecule has 0 fully saturated rings. The zero-order valence-electron chi connectivity index (χ0n) is 8.95. The molecule has 0 spiro atoms. The van der Waals surface area contributed by atoms with Crippen LogP contribution in [-0.2, 0) is 0 Å². The normalized spacial score (nSPS) is 10.3. The van der Waals surface area contributed by atoms with Crippen molar-refractivity contribution in [2.45, 2.75) is 6.92 Å². The van der Waals surface area contributed by atoms with E-state index >= 15 is 0 Å². The molecular formula is C11H9Cl2N3O. The summed E-state index contributed by atoms with van der Waals surface area (Å²) in [6, 6.07) is 5.08. The lowest BCUT2D eigenvalue weighted by atomic mass is 10.4. The first-order valence-electron chi connectivity index (χ1n) is 4.78. The van der Waals surface area contributed by atoms with Crippen molar-refractivity contribution < 1.29 is 4.74 Å². The van der Waals surface area contributed by atoms with Crippen molar-refractivity contribution in [1.82, 2.24) is 9.97 Å². The number of rotatable bonds is 2. The lowest BCUT2D eigenvalue weighted by molar-refractivity contribution is 0.461. The van der Waals surface area contributed by atoms with E-state index in [1.165, 1.54) is 6.07 Å². The molecule has 0 amide bonds. The number of nitrogens with zero attached hydrogens (tertiary/aromatic N) is 2. The SMILES string of the molecule is Cc1ccc(Oc2nc(N)c(Cl)cc2Cl)cn1. The number of aromatic nitrogens is 2. The molecular weight excluding hydrogens is 261 g/mol. The minimum atomic E-state index is 0.172. The fraction of sp³-hybridized carbons (Fsp3) is 0.0909. The summed E-state index contributed by atoms with van der Waals surface area (Å²) in [7, 11) is 0. The van der Waals surface area contributed by atoms with Gasteiger partial charge in [0.2, 0.25) is 5.88 Å². The Balaban J connectivity index is 2.30. The second kappa shape index (κ2) is 4.77. The van der Waals surface area contributed by atoms with E-state index in [0.29, 0.717) is 15.8 Å². The molecule has 2 N–H and O–H groups in total. The summed E-state index contributed by atoms with van der Waals surface area (Å²) < 4.78 is 5.46. The van der Waals surface area contributed by atoms with Crippen LogP contribution in [0.4, 0.5) is 5.82 Å². The maximum absolute atomic E-state index is 5.93. The van der Waals surface area contributed by atoms with Crippen molar-refractivity contribution in [1.29, 1.82) is 0 Å². The topological polar surface area (TPSA) is 61.0 Å². The Labute approximate surface area is 108 Å². The maximum Gasteiger partial charge on any atom is 0.240 e. The van der Waals surface area contributed by atoms with Gasteiger partial charge in [-0.1, -0.05) is 23.2 Å². The second-order valence-corrected chi connectivity index (χ2v) is 4.19. The van der Waals surface area contributed by atoms with E-state index in [2.05, 4.69) is 9.97 Å².